The molecule has 0 fully saturated rings. The Kier molecular flexibility index (Phi) is 10.3. The smallest absolute Gasteiger partial charge is 0.316 e. The van der Waals surface area contributed by atoms with Crippen molar-refractivity contribution in [2.45, 2.75) is 0 Å². The van der Waals surface area contributed by atoms with Crippen LogP contribution in [0.4, 0.5) is 0 Å². The Labute approximate surface area is 52.9 Å². The Morgan fingerprint density at radius 3 is 1.12 bits per heavy atom. The molecule has 0 heterocycles. The summed E-state index contributed by atoms with van der Waals surface area (Å²) >= 11 is 0. The maximum Gasteiger partial charge on any atom is 0.331 e. The molecule has 5 heteroatoms. The van der Waals surface area contributed by atoms with E-state index >= 15 is 0 Å². The Bertz CT molecular complexity index is 36.0. The summed E-state index contributed by atoms with van der Waals surface area (Å²) in [6.07, 6.45) is 0. The molecule has 0 saturated carbocycles. The van der Waals surface area contributed by atoms with Crippen molar-refractivity contribution in [3.8, 4) is 0 Å². The monoisotopic (exact) mass is 138 g/mol. The van der Waals surface area contributed by atoms with Gasteiger partial charge in [-0.2, -0.15) is 0 Å². The van der Waals surface area contributed by atoms with Crippen LogP contribution < -0.4 is 0 Å². The largest absolute Gasteiger partial charge is 0.331 e. The van der Waals surface area contributed by atoms with E-state index in [-0.39, 0.29) is 8.41 Å². The lowest BCUT2D eigenvalue weighted by Gasteiger charge is -2.05. The van der Waals surface area contributed by atoms with Gasteiger partial charge in [0, 0.05) is 21.3 Å². The van der Waals surface area contributed by atoms with Crippen LogP contribution in [-0.2, 0) is 13.6 Å². The van der Waals surface area contributed by atoms with Crippen LogP contribution in [0.15, 0.2) is 0 Å². The standard InChI is InChI=1S/C3H9O3P.BH3/c1-4-7(5-2)6-3;/h1-3H3;1H3. The molecule has 0 aromatic heterocycles. The summed E-state index contributed by atoms with van der Waals surface area (Å²) in [5, 5.41) is 0. The highest BCUT2D eigenvalue weighted by molar-refractivity contribution is 7.41. The van der Waals surface area contributed by atoms with Gasteiger partial charge in [-0.15, -0.1) is 0 Å². The van der Waals surface area contributed by atoms with E-state index in [0.717, 1.165) is 0 Å². The maximum absolute atomic E-state index is 4.67. The molecule has 0 aliphatic rings. The molecule has 50 valence electrons. The van der Waals surface area contributed by atoms with Gasteiger partial charge < -0.3 is 13.6 Å². The van der Waals surface area contributed by atoms with E-state index in [9.17, 15) is 0 Å². The lowest BCUT2D eigenvalue weighted by Crippen LogP contribution is -1.81. The summed E-state index contributed by atoms with van der Waals surface area (Å²) in [4.78, 5) is 0. The van der Waals surface area contributed by atoms with Crippen molar-refractivity contribution in [1.29, 1.82) is 0 Å². The summed E-state index contributed by atoms with van der Waals surface area (Å²) < 4.78 is 14.0. The minimum atomic E-state index is -1.05. The Balaban J connectivity index is 0. The normalized spacial score (nSPS) is 9.00. The molecule has 0 aromatic carbocycles. The highest BCUT2D eigenvalue weighted by Crippen LogP contribution is 2.35. The molecule has 0 aliphatic carbocycles. The van der Waals surface area contributed by atoms with Gasteiger partial charge in [0.2, 0.25) is 0 Å². The second-order valence-corrected chi connectivity index (χ2v) is 2.31. The zero-order valence-electron chi connectivity index (χ0n) is 4.67. The number of rotatable bonds is 3. The molecule has 0 unspecified atom stereocenters. The van der Waals surface area contributed by atoms with Gasteiger partial charge >= 0.3 is 8.60 Å². The molecular formula is C3H12BO3P. The quantitative estimate of drug-likeness (QED) is 0.404. The van der Waals surface area contributed by atoms with E-state index in [1.165, 1.54) is 0 Å². The molecule has 0 saturated heterocycles. The molecule has 0 atom stereocenters. The highest BCUT2D eigenvalue weighted by atomic mass is 31.2. The molecule has 0 amide bonds. The summed E-state index contributed by atoms with van der Waals surface area (Å²) in [5.74, 6) is 0. The first-order valence-electron chi connectivity index (χ1n) is 1.77. The van der Waals surface area contributed by atoms with Gasteiger partial charge in [0.25, 0.3) is 0 Å². The average Bonchev–Trinajstić information content (AvgIpc) is 1.72. The summed E-state index contributed by atoms with van der Waals surface area (Å²) in [6, 6.07) is 0. The lowest BCUT2D eigenvalue weighted by molar-refractivity contribution is 0.239. The van der Waals surface area contributed by atoms with Gasteiger partial charge in [0.1, 0.15) is 0 Å². The van der Waals surface area contributed by atoms with Gasteiger partial charge in [-0.25, -0.2) is 0 Å². The van der Waals surface area contributed by atoms with Crippen LogP contribution in [0.5, 0.6) is 0 Å². The van der Waals surface area contributed by atoms with Crippen LogP contribution in [0, 0.1) is 0 Å². The van der Waals surface area contributed by atoms with Crippen molar-refractivity contribution in [3.63, 3.8) is 0 Å². The molecule has 0 aliphatic heterocycles. The second kappa shape index (κ2) is 7.37. The average molecular weight is 138 g/mol. The first kappa shape index (κ1) is 11.2. The van der Waals surface area contributed by atoms with E-state index in [1.54, 1.807) is 21.3 Å². The van der Waals surface area contributed by atoms with Crippen molar-refractivity contribution in [2.75, 3.05) is 21.3 Å². The predicted octanol–water partition coefficient (Wildman–Crippen LogP) is -0.0314. The summed E-state index contributed by atoms with van der Waals surface area (Å²) in [6.45, 7) is 0. The van der Waals surface area contributed by atoms with E-state index in [0.29, 0.717) is 0 Å². The van der Waals surface area contributed by atoms with Crippen LogP contribution in [0.2, 0.25) is 0 Å². The van der Waals surface area contributed by atoms with Crippen molar-refractivity contribution < 1.29 is 13.6 Å². The minimum absolute atomic E-state index is 0. The van der Waals surface area contributed by atoms with E-state index < -0.39 is 8.60 Å². The van der Waals surface area contributed by atoms with Crippen molar-refractivity contribution in [2.24, 2.45) is 0 Å². The molecule has 8 heavy (non-hydrogen) atoms. The number of hydrogen-bond donors (Lipinski definition) is 0. The molecule has 0 rings (SSSR count). The van der Waals surface area contributed by atoms with Crippen molar-refractivity contribution >= 4 is 17.0 Å². The molecule has 3 nitrogen and oxygen atoms in total. The third kappa shape index (κ3) is 4.53. The van der Waals surface area contributed by atoms with Crippen LogP contribution >= 0.6 is 8.60 Å². The Morgan fingerprint density at radius 2 is 1.12 bits per heavy atom. The SMILES string of the molecule is B.COP(OC)OC. The van der Waals surface area contributed by atoms with Gasteiger partial charge in [0.05, 0.1) is 8.41 Å². The topological polar surface area (TPSA) is 27.7 Å². The molecular weight excluding hydrogens is 126 g/mol. The Morgan fingerprint density at radius 1 is 0.875 bits per heavy atom. The van der Waals surface area contributed by atoms with E-state index in [2.05, 4.69) is 13.6 Å². The molecule has 0 aromatic rings. The van der Waals surface area contributed by atoms with Gasteiger partial charge in [-0.3, -0.25) is 0 Å². The first-order chi connectivity index (χ1) is 3.35. The fourth-order valence-electron chi connectivity index (χ4n) is 0.224. The second-order valence-electron chi connectivity index (χ2n) is 0.771. The first-order valence-corrected chi connectivity index (χ1v) is 2.87. The fraction of sp³-hybridized carbons (Fsp3) is 1.00. The predicted molar refractivity (Wildman–Crippen MR) is 37.9 cm³/mol. The maximum atomic E-state index is 4.67. The zero-order valence-corrected chi connectivity index (χ0v) is 5.57. The Hall–Kier alpha value is 0.375. The third-order valence-corrected chi connectivity index (χ3v) is 1.34. The van der Waals surface area contributed by atoms with E-state index in [1.807, 2.05) is 0 Å². The minimum Gasteiger partial charge on any atom is -0.316 e. The van der Waals surface area contributed by atoms with Gasteiger partial charge in [0.15, 0.2) is 0 Å². The molecule has 0 bridgehead atoms. The highest BCUT2D eigenvalue weighted by Gasteiger charge is 2.00. The number of hydrogen-bond acceptors (Lipinski definition) is 3. The van der Waals surface area contributed by atoms with Gasteiger partial charge in [-0.05, 0) is 0 Å². The lowest BCUT2D eigenvalue weighted by atomic mass is 10.8. The van der Waals surface area contributed by atoms with Gasteiger partial charge in [-0.1, -0.05) is 0 Å². The van der Waals surface area contributed by atoms with Crippen molar-refractivity contribution in [1.82, 2.24) is 0 Å². The fourth-order valence-corrected chi connectivity index (χ4v) is 0.671. The van der Waals surface area contributed by atoms with Crippen LogP contribution in [-0.4, -0.2) is 29.7 Å². The third-order valence-electron chi connectivity index (χ3n) is 0.447. The summed E-state index contributed by atoms with van der Waals surface area (Å²) in [5.41, 5.74) is 0. The molecule has 0 spiro atoms. The van der Waals surface area contributed by atoms with Crippen LogP contribution in [0.1, 0.15) is 0 Å². The van der Waals surface area contributed by atoms with Crippen LogP contribution in [0.25, 0.3) is 0 Å². The molecule has 0 N–H and O–H groups in total. The molecule has 0 radical (unpaired) electrons. The summed E-state index contributed by atoms with van der Waals surface area (Å²) in [7, 11) is 3.57. The van der Waals surface area contributed by atoms with Crippen molar-refractivity contribution in [3.05, 3.63) is 0 Å². The van der Waals surface area contributed by atoms with Crippen LogP contribution in [0.3, 0.4) is 0 Å². The van der Waals surface area contributed by atoms with E-state index in [4.69, 9.17) is 0 Å². The zero-order chi connectivity index (χ0) is 5.70.